The van der Waals surface area contributed by atoms with Crippen molar-refractivity contribution in [2.75, 3.05) is 37.6 Å². The van der Waals surface area contributed by atoms with Gasteiger partial charge >= 0.3 is 0 Å². The molecule has 0 radical (unpaired) electrons. The van der Waals surface area contributed by atoms with Crippen molar-refractivity contribution < 1.29 is 8.78 Å². The summed E-state index contributed by atoms with van der Waals surface area (Å²) in [5, 5.41) is 4.43. The highest BCUT2D eigenvalue weighted by Gasteiger charge is 2.17. The van der Waals surface area contributed by atoms with E-state index in [0.717, 1.165) is 55.9 Å². The third-order valence-corrected chi connectivity index (χ3v) is 5.16. The Morgan fingerprint density at radius 2 is 1.79 bits per heavy atom. The van der Waals surface area contributed by atoms with Crippen molar-refractivity contribution in [3.8, 4) is 5.82 Å². The molecule has 1 fully saturated rings. The van der Waals surface area contributed by atoms with Crippen LogP contribution >= 0.6 is 0 Å². The second kappa shape index (κ2) is 8.53. The number of hydrogen-bond acceptors (Lipinski definition) is 4. The Labute approximate surface area is 168 Å². The van der Waals surface area contributed by atoms with Crippen molar-refractivity contribution in [1.29, 1.82) is 0 Å². The maximum atomic E-state index is 13.4. The van der Waals surface area contributed by atoms with E-state index in [1.165, 1.54) is 12.1 Å². The fraction of sp³-hybridized carbons (Fsp3) is 0.273. The lowest BCUT2D eigenvalue weighted by Crippen LogP contribution is -2.46. The molecule has 3 aromatic rings. The van der Waals surface area contributed by atoms with Gasteiger partial charge in [-0.2, -0.15) is 5.10 Å². The van der Waals surface area contributed by atoms with Crippen LogP contribution in [0.2, 0.25) is 0 Å². The van der Waals surface area contributed by atoms with Crippen molar-refractivity contribution >= 4 is 11.8 Å². The summed E-state index contributed by atoms with van der Waals surface area (Å²) in [6.07, 6.45) is 7.81. The zero-order valence-electron chi connectivity index (χ0n) is 16.3. The maximum absolute atomic E-state index is 13.4. The summed E-state index contributed by atoms with van der Waals surface area (Å²) in [7, 11) is 0. The Balaban J connectivity index is 1.33. The van der Waals surface area contributed by atoms with E-state index in [-0.39, 0.29) is 0 Å². The van der Waals surface area contributed by atoms with E-state index in [2.05, 4.69) is 27.1 Å². The average molecular weight is 395 g/mol. The van der Waals surface area contributed by atoms with Gasteiger partial charge in [-0.25, -0.2) is 18.4 Å². The molecule has 1 aromatic carbocycles. The minimum absolute atomic E-state index is 0.535. The summed E-state index contributed by atoms with van der Waals surface area (Å²) in [4.78, 5) is 8.68. The molecule has 0 unspecified atom stereocenters. The first-order valence-corrected chi connectivity index (χ1v) is 9.66. The highest BCUT2D eigenvalue weighted by Crippen LogP contribution is 2.20. The first-order valence-electron chi connectivity index (χ1n) is 9.66. The van der Waals surface area contributed by atoms with E-state index in [0.29, 0.717) is 5.69 Å². The monoisotopic (exact) mass is 395 g/mol. The summed E-state index contributed by atoms with van der Waals surface area (Å²) in [5.41, 5.74) is 2.71. The third-order valence-electron chi connectivity index (χ3n) is 5.16. The van der Waals surface area contributed by atoms with E-state index in [9.17, 15) is 8.78 Å². The molecule has 3 heterocycles. The molecule has 0 amide bonds. The van der Waals surface area contributed by atoms with Crippen LogP contribution in [0.4, 0.5) is 14.5 Å². The molecule has 0 saturated carbocycles. The number of benzene rings is 1. The lowest BCUT2D eigenvalue weighted by Gasteiger charge is -2.35. The Kier molecular flexibility index (Phi) is 5.67. The quantitative estimate of drug-likeness (QED) is 0.660. The van der Waals surface area contributed by atoms with Crippen LogP contribution < -0.4 is 4.90 Å². The van der Waals surface area contributed by atoms with Crippen molar-refractivity contribution in [2.24, 2.45) is 0 Å². The van der Waals surface area contributed by atoms with Crippen molar-refractivity contribution in [3.05, 3.63) is 77.8 Å². The second-order valence-corrected chi connectivity index (χ2v) is 7.10. The molecule has 0 atom stereocenters. The normalized spacial score (nSPS) is 15.3. The van der Waals surface area contributed by atoms with Gasteiger partial charge in [-0.15, -0.1) is 0 Å². The third kappa shape index (κ3) is 4.51. The standard InChI is InChI=1S/C22H23F2N5/c1-17-18(16-26-29(17)22-6-2-3-7-25-22)5-4-8-27-9-11-28(12-10-27)21-14-19(23)13-20(24)15-21/h2-7,13-16H,8-12H2,1H3. The van der Waals surface area contributed by atoms with Crippen LogP contribution in [-0.4, -0.2) is 52.4 Å². The molecule has 29 heavy (non-hydrogen) atoms. The topological polar surface area (TPSA) is 37.2 Å². The van der Waals surface area contributed by atoms with Crippen LogP contribution in [-0.2, 0) is 0 Å². The molecule has 1 aliphatic rings. The van der Waals surface area contributed by atoms with Gasteiger partial charge in [0.2, 0.25) is 0 Å². The molecule has 0 bridgehead atoms. The smallest absolute Gasteiger partial charge is 0.153 e. The minimum Gasteiger partial charge on any atom is -0.369 e. The van der Waals surface area contributed by atoms with Crippen LogP contribution in [0.3, 0.4) is 0 Å². The summed E-state index contributed by atoms with van der Waals surface area (Å²) in [6, 6.07) is 9.44. The van der Waals surface area contributed by atoms with Crippen LogP contribution in [0.15, 0.2) is 54.9 Å². The number of halogens is 2. The van der Waals surface area contributed by atoms with E-state index in [1.807, 2.05) is 40.9 Å². The summed E-state index contributed by atoms with van der Waals surface area (Å²) in [5.74, 6) is -0.270. The molecule has 7 heteroatoms. The van der Waals surface area contributed by atoms with Gasteiger partial charge in [0.05, 0.1) is 11.9 Å². The number of nitrogens with zero attached hydrogens (tertiary/aromatic N) is 5. The lowest BCUT2D eigenvalue weighted by molar-refractivity contribution is 0.284. The predicted molar refractivity (Wildman–Crippen MR) is 110 cm³/mol. The molecule has 1 aliphatic heterocycles. The molecule has 2 aromatic heterocycles. The van der Waals surface area contributed by atoms with E-state index >= 15 is 0 Å². The second-order valence-electron chi connectivity index (χ2n) is 7.10. The van der Waals surface area contributed by atoms with Crippen LogP contribution in [0, 0.1) is 18.6 Å². The van der Waals surface area contributed by atoms with Crippen molar-refractivity contribution in [3.63, 3.8) is 0 Å². The van der Waals surface area contributed by atoms with Crippen LogP contribution in [0.5, 0.6) is 0 Å². The zero-order chi connectivity index (χ0) is 20.2. The lowest BCUT2D eigenvalue weighted by atomic mass is 10.2. The fourth-order valence-corrected chi connectivity index (χ4v) is 3.54. The van der Waals surface area contributed by atoms with Gasteiger partial charge in [0.25, 0.3) is 0 Å². The Hall–Kier alpha value is -3.06. The zero-order valence-corrected chi connectivity index (χ0v) is 16.3. The molecule has 0 aliphatic carbocycles. The highest BCUT2D eigenvalue weighted by atomic mass is 19.1. The van der Waals surface area contributed by atoms with Crippen LogP contribution in [0.1, 0.15) is 11.3 Å². The van der Waals surface area contributed by atoms with Gasteiger partial charge in [-0.1, -0.05) is 18.2 Å². The Bertz CT molecular complexity index is 971. The summed E-state index contributed by atoms with van der Waals surface area (Å²) in [6.45, 7) is 6.02. The minimum atomic E-state index is -0.535. The number of hydrogen-bond donors (Lipinski definition) is 0. The number of aromatic nitrogens is 3. The SMILES string of the molecule is Cc1c(C=CCN2CCN(c3cc(F)cc(F)c3)CC2)cnn1-c1ccccn1. The molecule has 0 N–H and O–H groups in total. The first kappa shape index (κ1) is 19.3. The number of rotatable bonds is 5. The van der Waals surface area contributed by atoms with E-state index < -0.39 is 11.6 Å². The van der Waals surface area contributed by atoms with Crippen molar-refractivity contribution in [1.82, 2.24) is 19.7 Å². The molecular weight excluding hydrogens is 372 g/mol. The average Bonchev–Trinajstić information content (AvgIpc) is 3.09. The molecule has 4 rings (SSSR count). The fourth-order valence-electron chi connectivity index (χ4n) is 3.54. The number of anilines is 1. The largest absolute Gasteiger partial charge is 0.369 e. The van der Waals surface area contributed by atoms with Gasteiger partial charge < -0.3 is 4.90 Å². The van der Waals surface area contributed by atoms with Crippen LogP contribution in [0.25, 0.3) is 11.9 Å². The summed E-state index contributed by atoms with van der Waals surface area (Å²) < 4.78 is 28.7. The molecule has 0 spiro atoms. The summed E-state index contributed by atoms with van der Waals surface area (Å²) >= 11 is 0. The number of piperazine rings is 1. The van der Waals surface area contributed by atoms with Gasteiger partial charge in [-0.05, 0) is 31.2 Å². The van der Waals surface area contributed by atoms with Gasteiger partial charge in [0.15, 0.2) is 5.82 Å². The van der Waals surface area contributed by atoms with E-state index in [1.54, 1.807) is 6.20 Å². The van der Waals surface area contributed by atoms with Crippen molar-refractivity contribution in [2.45, 2.75) is 6.92 Å². The van der Waals surface area contributed by atoms with Gasteiger partial charge in [-0.3, -0.25) is 4.90 Å². The molecular formula is C22H23F2N5. The maximum Gasteiger partial charge on any atom is 0.153 e. The molecule has 5 nitrogen and oxygen atoms in total. The highest BCUT2D eigenvalue weighted by molar-refractivity contribution is 5.52. The Morgan fingerprint density at radius 3 is 2.48 bits per heavy atom. The van der Waals surface area contributed by atoms with E-state index in [4.69, 9.17) is 0 Å². The predicted octanol–water partition coefficient (Wildman–Crippen LogP) is 3.69. The van der Waals surface area contributed by atoms with Gasteiger partial charge in [0, 0.05) is 56.2 Å². The Morgan fingerprint density at radius 1 is 1.03 bits per heavy atom. The molecule has 150 valence electrons. The first-order chi connectivity index (χ1) is 14.1. The number of pyridine rings is 1. The van der Waals surface area contributed by atoms with Gasteiger partial charge in [0.1, 0.15) is 11.6 Å². The molecule has 1 saturated heterocycles.